The molecule has 0 saturated heterocycles. The summed E-state index contributed by atoms with van der Waals surface area (Å²) in [6.07, 6.45) is 5.05. The number of nitrogens with one attached hydrogen (secondary N) is 2. The van der Waals surface area contributed by atoms with Gasteiger partial charge in [0.25, 0.3) is 5.91 Å². The molecule has 2 rings (SSSR count). The number of carbonyl (C=O) groups excluding carboxylic acids is 1. The van der Waals surface area contributed by atoms with E-state index in [1.807, 2.05) is 0 Å². The molecule has 0 radical (unpaired) electrons. The van der Waals surface area contributed by atoms with Gasteiger partial charge in [0.1, 0.15) is 5.54 Å². The first kappa shape index (κ1) is 14.4. The maximum atomic E-state index is 12.3. The quantitative estimate of drug-likeness (QED) is 0.707. The molecule has 0 aromatic rings. The third-order valence-electron chi connectivity index (χ3n) is 4.13. The van der Waals surface area contributed by atoms with Gasteiger partial charge in [-0.2, -0.15) is 0 Å². The van der Waals surface area contributed by atoms with Crippen molar-refractivity contribution in [2.45, 2.75) is 77.8 Å². The predicted molar refractivity (Wildman–Crippen MR) is 78.1 cm³/mol. The number of guanidine groups is 1. The van der Waals surface area contributed by atoms with Crippen LogP contribution in [0, 0.1) is 5.41 Å². The van der Waals surface area contributed by atoms with E-state index in [0.717, 1.165) is 25.7 Å². The monoisotopic (exact) mass is 265 g/mol. The Morgan fingerprint density at radius 2 is 1.84 bits per heavy atom. The van der Waals surface area contributed by atoms with Crippen LogP contribution in [0.25, 0.3) is 0 Å². The number of hydrogen-bond donors (Lipinski definition) is 2. The lowest BCUT2D eigenvalue weighted by Gasteiger charge is -2.24. The van der Waals surface area contributed by atoms with E-state index in [1.165, 1.54) is 6.42 Å². The van der Waals surface area contributed by atoms with Crippen molar-refractivity contribution in [2.24, 2.45) is 10.4 Å². The number of rotatable bonds is 0. The van der Waals surface area contributed by atoms with E-state index >= 15 is 0 Å². The minimum atomic E-state index is -0.513. The number of amides is 1. The van der Waals surface area contributed by atoms with Crippen molar-refractivity contribution in [3.63, 3.8) is 0 Å². The molecule has 1 aliphatic heterocycles. The van der Waals surface area contributed by atoms with Crippen molar-refractivity contribution in [2.75, 3.05) is 0 Å². The zero-order chi connectivity index (χ0) is 14.3. The summed E-state index contributed by atoms with van der Waals surface area (Å²) in [6.45, 7) is 10.8. The first-order valence-electron chi connectivity index (χ1n) is 7.32. The summed E-state index contributed by atoms with van der Waals surface area (Å²) < 4.78 is 0. The second-order valence-corrected chi connectivity index (χ2v) is 7.84. The van der Waals surface area contributed by atoms with Crippen molar-refractivity contribution >= 4 is 11.9 Å². The van der Waals surface area contributed by atoms with Gasteiger partial charge in [0.05, 0.1) is 0 Å². The van der Waals surface area contributed by atoms with Gasteiger partial charge in [-0.15, -0.1) is 0 Å². The van der Waals surface area contributed by atoms with Crippen LogP contribution >= 0.6 is 0 Å². The van der Waals surface area contributed by atoms with Crippen LogP contribution in [0.15, 0.2) is 4.99 Å². The fourth-order valence-electron chi connectivity index (χ4n) is 2.92. The third-order valence-corrected chi connectivity index (χ3v) is 4.13. The maximum Gasteiger partial charge on any atom is 0.254 e. The molecular weight excluding hydrogens is 238 g/mol. The van der Waals surface area contributed by atoms with Crippen LogP contribution in [0.3, 0.4) is 0 Å². The highest BCUT2D eigenvalue weighted by Gasteiger charge is 2.46. The minimum Gasteiger partial charge on any atom is -0.351 e. The Balaban J connectivity index is 2.16. The second-order valence-electron chi connectivity index (χ2n) is 7.84. The lowest BCUT2D eigenvalue weighted by molar-refractivity contribution is -0.124. The Morgan fingerprint density at radius 3 is 2.47 bits per heavy atom. The standard InChI is InChI=1S/C15H27N3O/c1-13(2,3)17-12-16-11(19)15(18-12)8-6-7-14(4,5)9-10-15/h6-10H2,1-5H3,(H2,16,17,18,19). The average Bonchev–Trinajstić information content (AvgIpc) is 2.39. The Bertz CT molecular complexity index is 406. The molecule has 108 valence electrons. The molecule has 1 atom stereocenters. The summed E-state index contributed by atoms with van der Waals surface area (Å²) in [5.41, 5.74) is -0.261. The summed E-state index contributed by atoms with van der Waals surface area (Å²) in [7, 11) is 0. The Labute approximate surface area is 116 Å². The number of aliphatic imine (C=N–C) groups is 1. The zero-order valence-corrected chi connectivity index (χ0v) is 12.9. The minimum absolute atomic E-state index is 0.0805. The van der Waals surface area contributed by atoms with Gasteiger partial charge in [0.15, 0.2) is 5.96 Å². The number of carbonyl (C=O) groups is 1. The van der Waals surface area contributed by atoms with Crippen LogP contribution < -0.4 is 10.6 Å². The Kier molecular flexibility index (Phi) is 3.40. The molecule has 1 amide bonds. The van der Waals surface area contributed by atoms with Gasteiger partial charge in [-0.05, 0) is 58.3 Å². The van der Waals surface area contributed by atoms with Gasteiger partial charge < -0.3 is 5.32 Å². The zero-order valence-electron chi connectivity index (χ0n) is 12.9. The lowest BCUT2D eigenvalue weighted by atomic mass is 9.83. The molecule has 4 heteroatoms. The largest absolute Gasteiger partial charge is 0.351 e. The van der Waals surface area contributed by atoms with E-state index in [0.29, 0.717) is 11.4 Å². The average molecular weight is 265 g/mol. The Morgan fingerprint density at radius 1 is 1.16 bits per heavy atom. The van der Waals surface area contributed by atoms with Crippen LogP contribution in [-0.4, -0.2) is 22.9 Å². The van der Waals surface area contributed by atoms with Crippen molar-refractivity contribution in [1.29, 1.82) is 0 Å². The summed E-state index contributed by atoms with van der Waals surface area (Å²) in [5, 5.41) is 6.21. The predicted octanol–water partition coefficient (Wildman–Crippen LogP) is 2.59. The molecule has 0 bridgehead atoms. The first-order chi connectivity index (χ1) is 8.62. The maximum absolute atomic E-state index is 12.3. The van der Waals surface area contributed by atoms with Crippen molar-refractivity contribution in [1.82, 2.24) is 10.6 Å². The van der Waals surface area contributed by atoms with E-state index in [2.05, 4.69) is 45.3 Å². The van der Waals surface area contributed by atoms with Gasteiger partial charge >= 0.3 is 0 Å². The molecule has 0 aromatic carbocycles. The molecule has 1 aliphatic carbocycles. The van der Waals surface area contributed by atoms with E-state index in [-0.39, 0.29) is 11.4 Å². The molecule has 1 fully saturated rings. The second kappa shape index (κ2) is 4.50. The van der Waals surface area contributed by atoms with E-state index in [1.54, 1.807) is 0 Å². The molecule has 0 aromatic heterocycles. The molecule has 1 saturated carbocycles. The lowest BCUT2D eigenvalue weighted by Crippen LogP contribution is -2.47. The van der Waals surface area contributed by atoms with E-state index in [9.17, 15) is 4.79 Å². The summed E-state index contributed by atoms with van der Waals surface area (Å²) >= 11 is 0. The van der Waals surface area contributed by atoms with Crippen molar-refractivity contribution in [3.05, 3.63) is 0 Å². The van der Waals surface area contributed by atoms with E-state index < -0.39 is 5.54 Å². The molecule has 2 N–H and O–H groups in total. The first-order valence-corrected chi connectivity index (χ1v) is 7.32. The van der Waals surface area contributed by atoms with Crippen molar-refractivity contribution in [3.8, 4) is 0 Å². The fourth-order valence-corrected chi connectivity index (χ4v) is 2.92. The van der Waals surface area contributed by atoms with Crippen LogP contribution in [-0.2, 0) is 4.79 Å². The number of hydrogen-bond acceptors (Lipinski definition) is 3. The summed E-state index contributed by atoms with van der Waals surface area (Å²) in [4.78, 5) is 17.1. The van der Waals surface area contributed by atoms with Gasteiger partial charge in [-0.25, -0.2) is 4.99 Å². The van der Waals surface area contributed by atoms with Crippen LogP contribution in [0.4, 0.5) is 0 Å². The highest BCUT2D eigenvalue weighted by molar-refractivity contribution is 6.07. The highest BCUT2D eigenvalue weighted by Crippen LogP contribution is 2.41. The van der Waals surface area contributed by atoms with E-state index in [4.69, 9.17) is 4.99 Å². The van der Waals surface area contributed by atoms with Crippen molar-refractivity contribution < 1.29 is 4.79 Å². The highest BCUT2D eigenvalue weighted by atomic mass is 16.2. The molecule has 1 unspecified atom stereocenters. The molecule has 2 aliphatic rings. The van der Waals surface area contributed by atoms with Gasteiger partial charge in [-0.1, -0.05) is 13.8 Å². The third kappa shape index (κ3) is 3.28. The molecular formula is C15H27N3O. The topological polar surface area (TPSA) is 53.5 Å². The Hall–Kier alpha value is -1.06. The SMILES string of the molecule is CC1(C)CCCC2(CC1)N=C(NC(C)(C)C)NC2=O. The molecule has 1 heterocycles. The van der Waals surface area contributed by atoms with Gasteiger partial charge in [0, 0.05) is 5.54 Å². The molecule has 1 spiro atoms. The van der Waals surface area contributed by atoms with Gasteiger partial charge in [-0.3, -0.25) is 10.1 Å². The molecule has 4 nitrogen and oxygen atoms in total. The summed E-state index contributed by atoms with van der Waals surface area (Å²) in [5.74, 6) is 0.731. The summed E-state index contributed by atoms with van der Waals surface area (Å²) in [6, 6.07) is 0. The fraction of sp³-hybridized carbons (Fsp3) is 0.867. The number of nitrogens with zero attached hydrogens (tertiary/aromatic N) is 1. The van der Waals surface area contributed by atoms with Crippen LogP contribution in [0.2, 0.25) is 0 Å². The molecule has 19 heavy (non-hydrogen) atoms. The van der Waals surface area contributed by atoms with Crippen LogP contribution in [0.5, 0.6) is 0 Å². The van der Waals surface area contributed by atoms with Gasteiger partial charge in [0.2, 0.25) is 0 Å². The smallest absolute Gasteiger partial charge is 0.254 e. The van der Waals surface area contributed by atoms with Crippen LogP contribution in [0.1, 0.15) is 66.7 Å². The normalized spacial score (nSPS) is 30.8.